The smallest absolute Gasteiger partial charge is 0.00226 e. The molecular weight excluding hydrogens is 194 g/mol. The van der Waals surface area contributed by atoms with Crippen molar-refractivity contribution >= 4 is 10.8 Å². The quantitative estimate of drug-likeness (QED) is 0.831. The van der Waals surface area contributed by atoms with Gasteiger partial charge in [-0.15, -0.1) is 0 Å². The highest BCUT2D eigenvalue weighted by atomic mass is 14.6. The lowest BCUT2D eigenvalue weighted by molar-refractivity contribution is 0.378. The third-order valence-electron chi connectivity index (χ3n) is 3.10. The topological polar surface area (TPSA) is 26.0 Å². The molecule has 2 aromatic carbocycles. The van der Waals surface area contributed by atoms with Crippen LogP contribution in [-0.2, 0) is 6.42 Å². The van der Waals surface area contributed by atoms with Gasteiger partial charge in [-0.25, -0.2) is 0 Å². The first kappa shape index (κ1) is 11.2. The van der Waals surface area contributed by atoms with Gasteiger partial charge in [-0.3, -0.25) is 0 Å². The summed E-state index contributed by atoms with van der Waals surface area (Å²) in [6.07, 6.45) is 1.03. The summed E-state index contributed by atoms with van der Waals surface area (Å²) in [6, 6.07) is 15.0. The van der Waals surface area contributed by atoms with Gasteiger partial charge in [0.15, 0.2) is 0 Å². The minimum absolute atomic E-state index is 0.171. The van der Waals surface area contributed by atoms with Gasteiger partial charge in [0, 0.05) is 0 Å². The third kappa shape index (κ3) is 2.25. The largest absolute Gasteiger partial charge is 0.330 e. The molecule has 0 aliphatic carbocycles. The lowest BCUT2D eigenvalue weighted by Crippen LogP contribution is -2.25. The van der Waals surface area contributed by atoms with Crippen LogP contribution in [0.1, 0.15) is 19.4 Å². The Morgan fingerprint density at radius 1 is 1.00 bits per heavy atom. The number of nitrogens with two attached hydrogens (primary N) is 1. The van der Waals surface area contributed by atoms with Crippen molar-refractivity contribution < 1.29 is 0 Å². The van der Waals surface area contributed by atoms with Crippen molar-refractivity contribution in [2.75, 3.05) is 6.54 Å². The van der Waals surface area contributed by atoms with Crippen LogP contribution in [-0.4, -0.2) is 6.54 Å². The second-order valence-electron chi connectivity index (χ2n) is 5.18. The Kier molecular flexibility index (Phi) is 2.97. The van der Waals surface area contributed by atoms with Gasteiger partial charge in [0.1, 0.15) is 0 Å². The molecule has 0 fully saturated rings. The van der Waals surface area contributed by atoms with E-state index in [9.17, 15) is 0 Å². The molecule has 1 nitrogen and oxygen atoms in total. The Labute approximate surface area is 97.3 Å². The molecule has 0 saturated carbocycles. The normalized spacial score (nSPS) is 11.9. The second-order valence-corrected chi connectivity index (χ2v) is 5.18. The molecule has 16 heavy (non-hydrogen) atoms. The predicted molar refractivity (Wildman–Crippen MR) is 70.5 cm³/mol. The first-order valence-corrected chi connectivity index (χ1v) is 5.79. The fraction of sp³-hybridized carbons (Fsp3) is 0.333. The number of benzene rings is 2. The second kappa shape index (κ2) is 4.26. The summed E-state index contributed by atoms with van der Waals surface area (Å²) in [4.78, 5) is 0. The average molecular weight is 213 g/mol. The Balaban J connectivity index is 2.45. The van der Waals surface area contributed by atoms with Crippen LogP contribution in [0.25, 0.3) is 10.8 Å². The Morgan fingerprint density at radius 3 is 2.44 bits per heavy atom. The summed E-state index contributed by atoms with van der Waals surface area (Å²) in [5, 5.41) is 2.67. The molecule has 0 heterocycles. The van der Waals surface area contributed by atoms with Crippen LogP contribution in [0.3, 0.4) is 0 Å². The Morgan fingerprint density at radius 2 is 1.69 bits per heavy atom. The minimum atomic E-state index is 0.171. The Bertz CT molecular complexity index is 480. The minimum Gasteiger partial charge on any atom is -0.330 e. The van der Waals surface area contributed by atoms with Crippen molar-refractivity contribution in [3.63, 3.8) is 0 Å². The highest BCUT2D eigenvalue weighted by Crippen LogP contribution is 2.26. The zero-order chi connectivity index (χ0) is 11.6. The highest BCUT2D eigenvalue weighted by Gasteiger charge is 2.17. The van der Waals surface area contributed by atoms with Gasteiger partial charge in [-0.2, -0.15) is 0 Å². The van der Waals surface area contributed by atoms with E-state index in [-0.39, 0.29) is 5.41 Å². The molecule has 0 amide bonds. The van der Waals surface area contributed by atoms with E-state index in [0.717, 1.165) is 13.0 Å². The fourth-order valence-corrected chi connectivity index (χ4v) is 2.03. The van der Waals surface area contributed by atoms with Crippen LogP contribution in [0.2, 0.25) is 0 Å². The van der Waals surface area contributed by atoms with Crippen LogP contribution in [0.15, 0.2) is 42.5 Å². The van der Waals surface area contributed by atoms with E-state index in [4.69, 9.17) is 5.73 Å². The molecule has 2 rings (SSSR count). The van der Waals surface area contributed by atoms with Crippen LogP contribution >= 0.6 is 0 Å². The highest BCUT2D eigenvalue weighted by molar-refractivity contribution is 5.85. The third-order valence-corrected chi connectivity index (χ3v) is 3.10. The van der Waals surface area contributed by atoms with Crippen molar-refractivity contribution in [2.45, 2.75) is 20.3 Å². The van der Waals surface area contributed by atoms with E-state index >= 15 is 0 Å². The molecule has 0 aromatic heterocycles. The van der Waals surface area contributed by atoms with E-state index < -0.39 is 0 Å². The van der Waals surface area contributed by atoms with E-state index in [1.807, 2.05) is 0 Å². The van der Waals surface area contributed by atoms with Gasteiger partial charge in [-0.1, -0.05) is 56.3 Å². The van der Waals surface area contributed by atoms with Crippen molar-refractivity contribution in [3.8, 4) is 0 Å². The van der Waals surface area contributed by atoms with Gasteiger partial charge in [0.2, 0.25) is 0 Å². The maximum atomic E-state index is 5.80. The molecule has 84 valence electrons. The van der Waals surface area contributed by atoms with Crippen molar-refractivity contribution in [3.05, 3.63) is 48.0 Å². The van der Waals surface area contributed by atoms with E-state index in [2.05, 4.69) is 56.3 Å². The van der Waals surface area contributed by atoms with Crippen LogP contribution in [0.4, 0.5) is 0 Å². The SMILES string of the molecule is CC(C)(CN)Cc1cccc2ccccc12. The molecule has 2 N–H and O–H groups in total. The van der Waals surface area contributed by atoms with Crippen molar-refractivity contribution in [1.82, 2.24) is 0 Å². The average Bonchev–Trinajstić information content (AvgIpc) is 2.29. The summed E-state index contributed by atoms with van der Waals surface area (Å²) >= 11 is 0. The number of hydrogen-bond donors (Lipinski definition) is 1. The van der Waals surface area contributed by atoms with E-state index in [1.54, 1.807) is 0 Å². The summed E-state index contributed by atoms with van der Waals surface area (Å²) in [5.41, 5.74) is 7.37. The standard InChI is InChI=1S/C15H19N/c1-15(2,11-16)10-13-8-5-7-12-6-3-4-9-14(12)13/h3-9H,10-11,16H2,1-2H3. The van der Waals surface area contributed by atoms with Gasteiger partial charge in [0.05, 0.1) is 0 Å². The van der Waals surface area contributed by atoms with Crippen LogP contribution in [0, 0.1) is 5.41 Å². The number of hydrogen-bond acceptors (Lipinski definition) is 1. The van der Waals surface area contributed by atoms with Gasteiger partial charge in [0.25, 0.3) is 0 Å². The maximum Gasteiger partial charge on any atom is -0.00226 e. The monoisotopic (exact) mass is 213 g/mol. The first-order valence-electron chi connectivity index (χ1n) is 5.79. The molecule has 0 saturated heterocycles. The zero-order valence-electron chi connectivity index (χ0n) is 10.0. The lowest BCUT2D eigenvalue weighted by atomic mass is 9.84. The molecule has 0 radical (unpaired) electrons. The first-order chi connectivity index (χ1) is 7.62. The molecule has 0 aliphatic heterocycles. The summed E-state index contributed by atoms with van der Waals surface area (Å²) in [6.45, 7) is 5.15. The molecular formula is C15H19N. The maximum absolute atomic E-state index is 5.80. The van der Waals surface area contributed by atoms with Crippen LogP contribution < -0.4 is 5.73 Å². The number of rotatable bonds is 3. The summed E-state index contributed by atoms with van der Waals surface area (Å²) < 4.78 is 0. The van der Waals surface area contributed by atoms with Crippen LogP contribution in [0.5, 0.6) is 0 Å². The van der Waals surface area contributed by atoms with Crippen molar-refractivity contribution in [2.24, 2.45) is 11.1 Å². The summed E-state index contributed by atoms with van der Waals surface area (Å²) in [5.74, 6) is 0. The Hall–Kier alpha value is -1.34. The number of fused-ring (bicyclic) bond motifs is 1. The van der Waals surface area contributed by atoms with Gasteiger partial charge >= 0.3 is 0 Å². The van der Waals surface area contributed by atoms with Gasteiger partial charge < -0.3 is 5.73 Å². The predicted octanol–water partition coefficient (Wildman–Crippen LogP) is 3.37. The molecule has 2 aromatic rings. The van der Waals surface area contributed by atoms with Gasteiger partial charge in [-0.05, 0) is 34.7 Å². The molecule has 0 unspecified atom stereocenters. The van der Waals surface area contributed by atoms with E-state index in [0.29, 0.717) is 0 Å². The lowest BCUT2D eigenvalue weighted by Gasteiger charge is -2.23. The fourth-order valence-electron chi connectivity index (χ4n) is 2.03. The van der Waals surface area contributed by atoms with E-state index in [1.165, 1.54) is 16.3 Å². The molecule has 0 spiro atoms. The zero-order valence-corrected chi connectivity index (χ0v) is 10.0. The van der Waals surface area contributed by atoms with Crippen molar-refractivity contribution in [1.29, 1.82) is 0 Å². The summed E-state index contributed by atoms with van der Waals surface area (Å²) in [7, 11) is 0. The molecule has 0 atom stereocenters. The molecule has 1 heteroatoms. The molecule has 0 aliphatic rings. The molecule has 0 bridgehead atoms.